The Morgan fingerprint density at radius 1 is 1.25 bits per heavy atom. The van der Waals surface area contributed by atoms with Gasteiger partial charge in [0, 0.05) is 6.04 Å². The highest BCUT2D eigenvalue weighted by Gasteiger charge is 2.47. The van der Waals surface area contributed by atoms with E-state index in [1.54, 1.807) is 0 Å². The number of hydrogen-bond acceptors (Lipinski definition) is 2. The summed E-state index contributed by atoms with van der Waals surface area (Å²) in [4.78, 5) is 26.9. The molecule has 1 aliphatic carbocycles. The third kappa shape index (κ3) is 2.99. The lowest BCUT2D eigenvalue weighted by Gasteiger charge is -2.43. The summed E-state index contributed by atoms with van der Waals surface area (Å²) in [6.07, 6.45) is 4.92. The third-order valence-corrected chi connectivity index (χ3v) is 4.85. The number of carbonyl (C=O) groups is 2. The first-order valence-corrected chi connectivity index (χ1v) is 8.12. The molecule has 1 N–H and O–H groups in total. The van der Waals surface area contributed by atoms with Gasteiger partial charge in [-0.3, -0.25) is 9.59 Å². The van der Waals surface area contributed by atoms with E-state index in [2.05, 4.69) is 26.1 Å². The van der Waals surface area contributed by atoms with Crippen molar-refractivity contribution in [3.05, 3.63) is 0 Å². The van der Waals surface area contributed by atoms with Crippen molar-refractivity contribution in [1.82, 2.24) is 10.2 Å². The Hall–Kier alpha value is -1.06. The Bertz CT molecular complexity index is 379. The summed E-state index contributed by atoms with van der Waals surface area (Å²) in [5, 5.41) is 2.95. The quantitative estimate of drug-likeness (QED) is 0.812. The van der Waals surface area contributed by atoms with E-state index in [0.29, 0.717) is 18.3 Å². The molecule has 0 bridgehead atoms. The molecule has 1 saturated heterocycles. The monoisotopic (exact) mass is 280 g/mol. The molecule has 2 aliphatic rings. The van der Waals surface area contributed by atoms with E-state index in [4.69, 9.17) is 0 Å². The molecule has 2 amide bonds. The molecule has 1 saturated carbocycles. The number of hydrogen-bond donors (Lipinski definition) is 1. The Balaban J connectivity index is 2.15. The van der Waals surface area contributed by atoms with E-state index in [1.807, 2.05) is 11.8 Å². The van der Waals surface area contributed by atoms with Gasteiger partial charge in [-0.25, -0.2) is 0 Å². The van der Waals surface area contributed by atoms with Crippen LogP contribution in [0.15, 0.2) is 0 Å². The second kappa shape index (κ2) is 6.15. The van der Waals surface area contributed by atoms with Gasteiger partial charge in [0.15, 0.2) is 0 Å². The molecule has 114 valence electrons. The minimum atomic E-state index is -0.281. The zero-order valence-electron chi connectivity index (χ0n) is 13.2. The summed E-state index contributed by atoms with van der Waals surface area (Å²) in [5.74, 6) is 1.15. The number of amides is 2. The van der Waals surface area contributed by atoms with Crippen LogP contribution in [0.25, 0.3) is 0 Å². The van der Waals surface area contributed by atoms with Gasteiger partial charge in [0.05, 0.1) is 0 Å². The molecule has 0 radical (unpaired) electrons. The minimum absolute atomic E-state index is 0.0417. The second-order valence-electron chi connectivity index (χ2n) is 6.59. The minimum Gasteiger partial charge on any atom is -0.342 e. The Morgan fingerprint density at radius 3 is 2.40 bits per heavy atom. The Morgan fingerprint density at radius 2 is 1.90 bits per heavy atom. The van der Waals surface area contributed by atoms with Crippen molar-refractivity contribution in [1.29, 1.82) is 0 Å². The van der Waals surface area contributed by atoms with Crippen molar-refractivity contribution in [2.24, 2.45) is 11.8 Å². The summed E-state index contributed by atoms with van der Waals surface area (Å²) in [6.45, 7) is 8.46. The molecule has 4 nitrogen and oxygen atoms in total. The summed E-state index contributed by atoms with van der Waals surface area (Å²) in [6, 6.07) is -0.393. The maximum atomic E-state index is 12.7. The van der Waals surface area contributed by atoms with Crippen LogP contribution in [0.1, 0.15) is 59.8 Å². The highest BCUT2D eigenvalue weighted by molar-refractivity contribution is 5.97. The van der Waals surface area contributed by atoms with Crippen LogP contribution in [-0.2, 0) is 9.59 Å². The van der Waals surface area contributed by atoms with Gasteiger partial charge in [-0.15, -0.1) is 0 Å². The summed E-state index contributed by atoms with van der Waals surface area (Å²) in [7, 11) is 0. The van der Waals surface area contributed by atoms with E-state index in [1.165, 1.54) is 0 Å². The molecular weight excluding hydrogens is 252 g/mol. The van der Waals surface area contributed by atoms with Crippen LogP contribution in [0.2, 0.25) is 0 Å². The first-order valence-electron chi connectivity index (χ1n) is 8.12. The third-order valence-electron chi connectivity index (χ3n) is 4.85. The number of carbonyl (C=O) groups excluding carboxylic acids is 2. The van der Waals surface area contributed by atoms with Crippen LogP contribution in [0.4, 0.5) is 0 Å². The van der Waals surface area contributed by atoms with Crippen molar-refractivity contribution >= 4 is 11.8 Å². The van der Waals surface area contributed by atoms with Crippen LogP contribution >= 0.6 is 0 Å². The van der Waals surface area contributed by atoms with Crippen LogP contribution in [0.3, 0.4) is 0 Å². The average molecular weight is 280 g/mol. The highest BCUT2D eigenvalue weighted by Crippen LogP contribution is 2.36. The number of nitrogens with one attached hydrogen (secondary N) is 1. The van der Waals surface area contributed by atoms with E-state index >= 15 is 0 Å². The van der Waals surface area contributed by atoms with Crippen LogP contribution in [-0.4, -0.2) is 34.8 Å². The standard InChI is InChI=1S/C16H28N2O2/c1-5-10(3)9-11(4)18-13(6-2)15(19)17-14(16(18)20)12-7-8-12/h10-14H,5-9H2,1-4H3,(H,17,19). The SMILES string of the molecule is CCC(C)CC(C)N1C(=O)C(C2CC2)NC(=O)C1CC. The molecule has 2 rings (SSSR count). The van der Waals surface area contributed by atoms with Gasteiger partial charge in [0.2, 0.25) is 11.8 Å². The number of rotatable bonds is 6. The maximum Gasteiger partial charge on any atom is 0.246 e. The van der Waals surface area contributed by atoms with E-state index in [0.717, 1.165) is 25.7 Å². The highest BCUT2D eigenvalue weighted by atomic mass is 16.2. The van der Waals surface area contributed by atoms with Gasteiger partial charge >= 0.3 is 0 Å². The van der Waals surface area contributed by atoms with Crippen molar-refractivity contribution < 1.29 is 9.59 Å². The van der Waals surface area contributed by atoms with Gasteiger partial charge < -0.3 is 10.2 Å². The lowest BCUT2D eigenvalue weighted by Crippen LogP contribution is -2.65. The Kier molecular flexibility index (Phi) is 4.71. The molecule has 0 aromatic carbocycles. The molecule has 0 aromatic heterocycles. The zero-order valence-corrected chi connectivity index (χ0v) is 13.2. The molecule has 4 atom stereocenters. The lowest BCUT2D eigenvalue weighted by molar-refractivity contribution is -0.153. The van der Waals surface area contributed by atoms with E-state index in [-0.39, 0.29) is 29.9 Å². The molecular formula is C16H28N2O2. The van der Waals surface area contributed by atoms with Crippen molar-refractivity contribution in [3.8, 4) is 0 Å². The number of piperazine rings is 1. The largest absolute Gasteiger partial charge is 0.342 e. The fraction of sp³-hybridized carbons (Fsp3) is 0.875. The van der Waals surface area contributed by atoms with Crippen LogP contribution in [0, 0.1) is 11.8 Å². The fourth-order valence-electron chi connectivity index (χ4n) is 3.27. The van der Waals surface area contributed by atoms with Crippen molar-refractivity contribution in [2.45, 2.75) is 77.9 Å². The second-order valence-corrected chi connectivity index (χ2v) is 6.59. The zero-order chi connectivity index (χ0) is 14.9. The first kappa shape index (κ1) is 15.3. The Labute approximate surface area is 122 Å². The average Bonchev–Trinajstić information content (AvgIpc) is 3.24. The van der Waals surface area contributed by atoms with Crippen LogP contribution in [0.5, 0.6) is 0 Å². The predicted octanol–water partition coefficient (Wildman–Crippen LogP) is 2.33. The summed E-state index contributed by atoms with van der Waals surface area (Å²) >= 11 is 0. The normalized spacial score (nSPS) is 30.1. The fourth-order valence-corrected chi connectivity index (χ4v) is 3.27. The molecule has 0 spiro atoms. The molecule has 1 aliphatic heterocycles. The van der Waals surface area contributed by atoms with Gasteiger partial charge in [0.1, 0.15) is 12.1 Å². The van der Waals surface area contributed by atoms with Gasteiger partial charge in [0.25, 0.3) is 0 Å². The predicted molar refractivity (Wildman–Crippen MR) is 79.1 cm³/mol. The van der Waals surface area contributed by atoms with Crippen LogP contribution < -0.4 is 5.32 Å². The lowest BCUT2D eigenvalue weighted by atomic mass is 9.94. The van der Waals surface area contributed by atoms with Gasteiger partial charge in [-0.2, -0.15) is 0 Å². The molecule has 4 heteroatoms. The first-order chi connectivity index (χ1) is 9.49. The van der Waals surface area contributed by atoms with Crippen molar-refractivity contribution in [2.75, 3.05) is 0 Å². The topological polar surface area (TPSA) is 49.4 Å². The molecule has 20 heavy (non-hydrogen) atoms. The van der Waals surface area contributed by atoms with Crippen molar-refractivity contribution in [3.63, 3.8) is 0 Å². The van der Waals surface area contributed by atoms with E-state index < -0.39 is 0 Å². The van der Waals surface area contributed by atoms with Gasteiger partial charge in [-0.05, 0) is 44.4 Å². The molecule has 4 unspecified atom stereocenters. The maximum absolute atomic E-state index is 12.7. The smallest absolute Gasteiger partial charge is 0.246 e. The summed E-state index contributed by atoms with van der Waals surface area (Å²) < 4.78 is 0. The molecule has 2 fully saturated rings. The van der Waals surface area contributed by atoms with E-state index in [9.17, 15) is 9.59 Å². The molecule has 0 aromatic rings. The summed E-state index contributed by atoms with van der Waals surface area (Å²) in [5.41, 5.74) is 0. The van der Waals surface area contributed by atoms with Gasteiger partial charge in [-0.1, -0.05) is 27.2 Å². The molecule has 1 heterocycles. The number of nitrogens with zero attached hydrogens (tertiary/aromatic N) is 1.